The molecule has 20 heteroatoms. The molecule has 0 bridgehead atoms. The molecule has 0 fully saturated rings. The second-order valence-electron chi connectivity index (χ2n) is 6.75. The molecule has 2 aromatic carbocycles. The molecule has 16 nitrogen and oxygen atoms in total. The summed E-state index contributed by atoms with van der Waals surface area (Å²) in [6.45, 7) is -0.576. The lowest BCUT2D eigenvalue weighted by Gasteiger charge is -2.17. The number of hydrogen-bond acceptors (Lipinski definition) is 8. The van der Waals surface area contributed by atoms with E-state index >= 15 is 0 Å². The van der Waals surface area contributed by atoms with Gasteiger partial charge in [-0.15, -0.1) is 0 Å². The van der Waals surface area contributed by atoms with Crippen molar-refractivity contribution in [2.24, 2.45) is 0 Å². The normalized spacial score (nSPS) is 13.1. The van der Waals surface area contributed by atoms with Crippen molar-refractivity contribution >= 4 is 63.0 Å². The Kier molecular flexibility index (Phi) is 8.13. The molecule has 0 radical (unpaired) electrons. The number of aromatic hydroxyl groups is 2. The zero-order valence-electron chi connectivity index (χ0n) is 16.6. The van der Waals surface area contributed by atoms with Crippen molar-refractivity contribution in [2.45, 2.75) is 0 Å². The summed E-state index contributed by atoms with van der Waals surface area (Å²) in [5.41, 5.74) is -0.963. The molecule has 0 aromatic heterocycles. The first kappa shape index (κ1) is 28.5. The molecule has 0 amide bonds. The predicted molar refractivity (Wildman–Crippen MR) is 120 cm³/mol. The van der Waals surface area contributed by atoms with Crippen LogP contribution in [0.1, 0.15) is 0 Å². The van der Waals surface area contributed by atoms with Gasteiger partial charge in [0.25, 0.3) is 0 Å². The minimum absolute atomic E-state index is 0.288. The van der Waals surface area contributed by atoms with Gasteiger partial charge in [0, 0.05) is 13.1 Å². The number of nitrogens with one attached hydrogen (secondary N) is 2. The Balaban J connectivity index is 2.33. The summed E-state index contributed by atoms with van der Waals surface area (Å²) in [5, 5.41) is 21.3. The van der Waals surface area contributed by atoms with Crippen LogP contribution in [0.2, 0.25) is 0 Å². The van der Waals surface area contributed by atoms with Crippen molar-refractivity contribution in [3.63, 3.8) is 0 Å². The minimum Gasteiger partial charge on any atom is -0.505 e. The first-order valence-electron chi connectivity index (χ1n) is 8.69. The SMILES string of the molecule is O=P(O)(O)c1cc(NCCNc2cc(P(=O)(O)O)cc(P(=O)(O)O)c2O)c(O)c(P(=O)(O)O)c1. The molecule has 190 valence electrons. The minimum atomic E-state index is -5.15. The van der Waals surface area contributed by atoms with E-state index in [1.54, 1.807) is 0 Å². The molecule has 0 spiro atoms. The van der Waals surface area contributed by atoms with E-state index in [1.807, 2.05) is 0 Å². The van der Waals surface area contributed by atoms with Crippen molar-refractivity contribution in [1.29, 1.82) is 0 Å². The van der Waals surface area contributed by atoms with E-state index in [1.165, 1.54) is 0 Å². The molecule has 0 heterocycles. The second-order valence-corrected chi connectivity index (χ2v) is 13.1. The van der Waals surface area contributed by atoms with Crippen LogP contribution >= 0.6 is 30.4 Å². The van der Waals surface area contributed by atoms with E-state index in [0.29, 0.717) is 12.1 Å². The van der Waals surface area contributed by atoms with Crippen molar-refractivity contribution in [2.75, 3.05) is 23.7 Å². The highest BCUT2D eigenvalue weighted by Crippen LogP contribution is 2.44. The van der Waals surface area contributed by atoms with E-state index < -0.39 is 74.5 Å². The van der Waals surface area contributed by atoms with Gasteiger partial charge in [0.2, 0.25) is 0 Å². The fourth-order valence-electron chi connectivity index (χ4n) is 2.65. The molecule has 2 aromatic rings. The molecule has 0 aliphatic rings. The van der Waals surface area contributed by atoms with Crippen LogP contribution in [0, 0.1) is 0 Å². The molecule has 12 N–H and O–H groups in total. The molecule has 34 heavy (non-hydrogen) atoms. The van der Waals surface area contributed by atoms with E-state index in [9.17, 15) is 67.6 Å². The van der Waals surface area contributed by atoms with Crippen LogP contribution in [0.25, 0.3) is 0 Å². The van der Waals surface area contributed by atoms with Gasteiger partial charge in [0.15, 0.2) is 11.5 Å². The van der Waals surface area contributed by atoms with Crippen molar-refractivity contribution in [1.82, 2.24) is 0 Å². The van der Waals surface area contributed by atoms with Gasteiger partial charge in [0.05, 0.1) is 22.0 Å². The number of phenolic OH excluding ortho intramolecular Hbond substituents is 2. The van der Waals surface area contributed by atoms with Crippen LogP contribution in [-0.4, -0.2) is 62.4 Å². The third-order valence-corrected chi connectivity index (χ3v) is 8.00. The van der Waals surface area contributed by atoms with Crippen LogP contribution < -0.4 is 31.9 Å². The maximum atomic E-state index is 11.5. The average Bonchev–Trinajstić information content (AvgIpc) is 2.63. The fourth-order valence-corrected chi connectivity index (χ4v) is 5.45. The number of anilines is 2. The molecule has 0 aliphatic carbocycles. The first-order valence-corrected chi connectivity index (χ1v) is 15.1. The van der Waals surface area contributed by atoms with Gasteiger partial charge in [-0.05, 0) is 24.3 Å². The van der Waals surface area contributed by atoms with Crippen molar-refractivity contribution < 1.29 is 67.6 Å². The van der Waals surface area contributed by atoms with Crippen LogP contribution in [0.5, 0.6) is 11.5 Å². The maximum absolute atomic E-state index is 11.5. The summed E-state index contributed by atoms with van der Waals surface area (Å²) in [5.74, 6) is -2.00. The number of rotatable bonds is 9. The summed E-state index contributed by atoms with van der Waals surface area (Å²) in [6.07, 6.45) is 0. The second kappa shape index (κ2) is 9.71. The van der Waals surface area contributed by atoms with Gasteiger partial charge in [0.1, 0.15) is 10.6 Å². The molecule has 0 saturated carbocycles. The number of benzene rings is 2. The Morgan fingerprint density at radius 3 is 1.06 bits per heavy atom. The Bertz CT molecular complexity index is 1190. The van der Waals surface area contributed by atoms with Crippen LogP contribution in [0.15, 0.2) is 24.3 Å². The number of phenols is 2. The third kappa shape index (κ3) is 6.89. The number of hydrogen-bond donors (Lipinski definition) is 12. The highest BCUT2D eigenvalue weighted by molar-refractivity contribution is 7.62. The molecular weight excluding hydrogens is 544 g/mol. The summed E-state index contributed by atoms with van der Waals surface area (Å²) in [4.78, 5) is 74.5. The molecular formula is C14H20N2O14P4. The Labute approximate surface area is 190 Å². The first-order chi connectivity index (χ1) is 15.2. The third-order valence-electron chi connectivity index (χ3n) is 4.21. The molecule has 0 atom stereocenters. The lowest BCUT2D eigenvalue weighted by Crippen LogP contribution is -2.21. The maximum Gasteiger partial charge on any atom is 0.360 e. The molecule has 0 aliphatic heterocycles. The molecule has 2 rings (SSSR count). The van der Waals surface area contributed by atoms with Gasteiger partial charge in [-0.25, -0.2) is 0 Å². The summed E-state index contributed by atoms with van der Waals surface area (Å²) < 4.78 is 46.1. The Hall–Kier alpha value is -1.76. The summed E-state index contributed by atoms with van der Waals surface area (Å²) >= 11 is 0. The standard InChI is InChI=1S/C14H20N2O14P4/c17-13-9(3-7(31(19,20)21)5-11(13)33(25,26)27)15-1-2-16-10-4-8(32(22,23)24)6-12(14(10)18)34(28,29)30/h3-6,15-18H,1-2H2,(H2,19,20,21)(H2,22,23,24)(H2,25,26,27)(H2,28,29,30). The van der Waals surface area contributed by atoms with Crippen molar-refractivity contribution in [3.05, 3.63) is 24.3 Å². The van der Waals surface area contributed by atoms with E-state index in [0.717, 1.165) is 12.1 Å². The Morgan fingerprint density at radius 1 is 0.529 bits per heavy atom. The van der Waals surface area contributed by atoms with Gasteiger partial charge in [-0.3, -0.25) is 18.3 Å². The van der Waals surface area contributed by atoms with Gasteiger partial charge < -0.3 is 60.0 Å². The molecule has 0 unspecified atom stereocenters. The van der Waals surface area contributed by atoms with Crippen LogP contribution in [0.3, 0.4) is 0 Å². The monoisotopic (exact) mass is 564 g/mol. The van der Waals surface area contributed by atoms with Crippen molar-refractivity contribution in [3.8, 4) is 11.5 Å². The molecule has 0 saturated heterocycles. The smallest absolute Gasteiger partial charge is 0.360 e. The summed E-state index contributed by atoms with van der Waals surface area (Å²) in [6, 6.07) is 2.39. The zero-order valence-corrected chi connectivity index (χ0v) is 20.2. The van der Waals surface area contributed by atoms with E-state index in [-0.39, 0.29) is 13.1 Å². The van der Waals surface area contributed by atoms with Gasteiger partial charge >= 0.3 is 30.4 Å². The van der Waals surface area contributed by atoms with Gasteiger partial charge in [-0.1, -0.05) is 0 Å². The van der Waals surface area contributed by atoms with E-state index in [2.05, 4.69) is 10.6 Å². The van der Waals surface area contributed by atoms with Crippen LogP contribution in [-0.2, 0) is 18.3 Å². The Morgan fingerprint density at radius 2 is 0.824 bits per heavy atom. The van der Waals surface area contributed by atoms with E-state index in [4.69, 9.17) is 0 Å². The quantitative estimate of drug-likeness (QED) is 0.0876. The average molecular weight is 564 g/mol. The lowest BCUT2D eigenvalue weighted by molar-refractivity contribution is 0.381. The predicted octanol–water partition coefficient (Wildman–Crippen LogP) is -2.17. The highest BCUT2D eigenvalue weighted by atomic mass is 31.2. The zero-order chi connectivity index (χ0) is 26.3. The summed E-state index contributed by atoms with van der Waals surface area (Å²) in [7, 11) is -20.3. The highest BCUT2D eigenvalue weighted by Gasteiger charge is 2.30. The lowest BCUT2D eigenvalue weighted by atomic mass is 10.2. The topological polar surface area (TPSA) is 295 Å². The van der Waals surface area contributed by atoms with Gasteiger partial charge in [-0.2, -0.15) is 0 Å². The largest absolute Gasteiger partial charge is 0.505 e. The van der Waals surface area contributed by atoms with Crippen LogP contribution in [0.4, 0.5) is 11.4 Å². The fraction of sp³-hybridized carbons (Fsp3) is 0.143.